The number of hydrogen-bond donors (Lipinski definition) is 0. The zero-order valence-corrected chi connectivity index (χ0v) is 10.5. The van der Waals surface area contributed by atoms with Crippen molar-refractivity contribution in [3.63, 3.8) is 0 Å². The van der Waals surface area contributed by atoms with Gasteiger partial charge in [-0.25, -0.2) is 0 Å². The van der Waals surface area contributed by atoms with Crippen molar-refractivity contribution in [1.82, 2.24) is 4.31 Å². The minimum absolute atomic E-state index is 0.0492. The molecule has 86 valence electrons. The van der Waals surface area contributed by atoms with Crippen molar-refractivity contribution in [1.29, 1.82) is 0 Å². The summed E-state index contributed by atoms with van der Waals surface area (Å²) < 4.78 is 6.99. The molecule has 1 saturated heterocycles. The minimum Gasteiger partial charge on any atom is -0.369 e. The Balaban J connectivity index is 2.25. The minimum atomic E-state index is -0.324. The first-order valence-electron chi connectivity index (χ1n) is 5.15. The SMILES string of the molecule is CO[C@H]1C(=O)N(SC)[C@H]1c1ccc(C)cc1. The Morgan fingerprint density at radius 3 is 2.44 bits per heavy atom. The van der Waals surface area contributed by atoms with E-state index in [1.165, 1.54) is 17.5 Å². The zero-order valence-electron chi connectivity index (χ0n) is 9.64. The summed E-state index contributed by atoms with van der Waals surface area (Å²) in [6.45, 7) is 2.05. The molecule has 1 aromatic carbocycles. The number of amides is 1. The average molecular weight is 237 g/mol. The molecule has 0 spiro atoms. The van der Waals surface area contributed by atoms with E-state index < -0.39 is 0 Å². The van der Waals surface area contributed by atoms with Crippen LogP contribution in [0.2, 0.25) is 0 Å². The quantitative estimate of drug-likeness (QED) is 0.596. The number of β-lactam (4-membered cyclic amide) rings is 1. The molecule has 0 N–H and O–H groups in total. The van der Waals surface area contributed by atoms with E-state index in [0.717, 1.165) is 5.56 Å². The van der Waals surface area contributed by atoms with E-state index in [0.29, 0.717) is 0 Å². The second-order valence-electron chi connectivity index (χ2n) is 3.86. The van der Waals surface area contributed by atoms with Crippen LogP contribution >= 0.6 is 11.9 Å². The predicted molar refractivity (Wildman–Crippen MR) is 65.1 cm³/mol. The van der Waals surface area contributed by atoms with Gasteiger partial charge in [0.25, 0.3) is 5.91 Å². The molecule has 0 aliphatic carbocycles. The van der Waals surface area contributed by atoms with Crippen LogP contribution in [0.1, 0.15) is 17.2 Å². The molecule has 1 aromatic rings. The van der Waals surface area contributed by atoms with Gasteiger partial charge in [0.05, 0.1) is 0 Å². The van der Waals surface area contributed by atoms with Crippen LogP contribution in [0, 0.1) is 6.92 Å². The number of methoxy groups -OCH3 is 1. The lowest BCUT2D eigenvalue weighted by atomic mass is 9.93. The molecule has 0 radical (unpaired) electrons. The average Bonchev–Trinajstić information content (AvgIpc) is 2.28. The third kappa shape index (κ3) is 1.72. The standard InChI is InChI=1S/C12H15NO2S/c1-8-4-6-9(7-5-8)10-11(15-2)12(14)13(10)16-3/h4-7,10-11H,1-3H3/t10-,11+/m0/s1. The van der Waals surface area contributed by atoms with Crippen LogP contribution in [0.25, 0.3) is 0 Å². The van der Waals surface area contributed by atoms with E-state index in [2.05, 4.69) is 31.2 Å². The maximum Gasteiger partial charge on any atom is 0.264 e. The van der Waals surface area contributed by atoms with E-state index in [-0.39, 0.29) is 18.1 Å². The van der Waals surface area contributed by atoms with Crippen molar-refractivity contribution in [2.75, 3.05) is 13.4 Å². The molecule has 1 amide bonds. The highest BCUT2D eigenvalue weighted by atomic mass is 32.2. The van der Waals surface area contributed by atoms with Gasteiger partial charge in [-0.05, 0) is 12.5 Å². The first-order chi connectivity index (χ1) is 7.69. The number of carbonyl (C=O) groups is 1. The van der Waals surface area contributed by atoms with Gasteiger partial charge in [0.15, 0.2) is 6.10 Å². The number of carbonyl (C=O) groups excluding carboxylic acids is 1. The van der Waals surface area contributed by atoms with Gasteiger partial charge in [-0.2, -0.15) is 0 Å². The Morgan fingerprint density at radius 2 is 1.94 bits per heavy atom. The molecular weight excluding hydrogens is 222 g/mol. The van der Waals surface area contributed by atoms with Crippen molar-refractivity contribution in [3.8, 4) is 0 Å². The molecule has 3 nitrogen and oxygen atoms in total. The predicted octanol–water partition coefficient (Wildman–Crippen LogP) is 2.17. The van der Waals surface area contributed by atoms with Gasteiger partial charge in [0.1, 0.15) is 6.04 Å². The molecule has 1 fully saturated rings. The third-order valence-corrected chi connectivity index (χ3v) is 3.67. The Kier molecular flexibility index (Phi) is 3.21. The highest BCUT2D eigenvalue weighted by Gasteiger charge is 2.48. The van der Waals surface area contributed by atoms with Gasteiger partial charge in [0.2, 0.25) is 0 Å². The monoisotopic (exact) mass is 237 g/mol. The molecule has 1 aliphatic rings. The molecule has 0 saturated carbocycles. The zero-order chi connectivity index (χ0) is 11.7. The summed E-state index contributed by atoms with van der Waals surface area (Å²) in [7, 11) is 1.58. The fourth-order valence-electron chi connectivity index (χ4n) is 1.95. The van der Waals surface area contributed by atoms with E-state index in [1.807, 2.05) is 6.26 Å². The van der Waals surface area contributed by atoms with Crippen LogP contribution in [0.5, 0.6) is 0 Å². The molecule has 1 heterocycles. The first-order valence-corrected chi connectivity index (χ1v) is 6.33. The summed E-state index contributed by atoms with van der Waals surface area (Å²) in [5.41, 5.74) is 2.35. The summed E-state index contributed by atoms with van der Waals surface area (Å²) >= 11 is 1.45. The van der Waals surface area contributed by atoms with Crippen LogP contribution < -0.4 is 0 Å². The van der Waals surface area contributed by atoms with Crippen molar-refractivity contribution in [3.05, 3.63) is 35.4 Å². The Labute approximate surface area is 99.9 Å². The van der Waals surface area contributed by atoms with Gasteiger partial charge >= 0.3 is 0 Å². The number of nitrogens with zero attached hydrogens (tertiary/aromatic N) is 1. The van der Waals surface area contributed by atoms with Crippen LogP contribution in [-0.4, -0.2) is 29.7 Å². The largest absolute Gasteiger partial charge is 0.369 e. The van der Waals surface area contributed by atoms with Crippen molar-refractivity contribution in [2.24, 2.45) is 0 Å². The van der Waals surface area contributed by atoms with Crippen LogP contribution in [0.4, 0.5) is 0 Å². The molecule has 16 heavy (non-hydrogen) atoms. The van der Waals surface area contributed by atoms with Crippen LogP contribution in [0.15, 0.2) is 24.3 Å². The Bertz CT molecular complexity index is 377. The normalized spacial score (nSPS) is 24.4. The highest BCUT2D eigenvalue weighted by Crippen LogP contribution is 2.40. The lowest BCUT2D eigenvalue weighted by Gasteiger charge is -2.44. The number of aryl methyl sites for hydroxylation is 1. The Morgan fingerprint density at radius 1 is 1.31 bits per heavy atom. The molecule has 0 bridgehead atoms. The van der Waals surface area contributed by atoms with Gasteiger partial charge in [-0.15, -0.1) is 0 Å². The van der Waals surface area contributed by atoms with E-state index in [1.54, 1.807) is 11.4 Å². The van der Waals surface area contributed by atoms with Crippen molar-refractivity contribution < 1.29 is 9.53 Å². The summed E-state index contributed by atoms with van der Waals surface area (Å²) in [5.74, 6) is 0.0561. The van der Waals surface area contributed by atoms with Gasteiger partial charge < -0.3 is 4.74 Å². The second kappa shape index (κ2) is 4.47. The summed E-state index contributed by atoms with van der Waals surface area (Å²) in [4.78, 5) is 11.7. The molecule has 2 atom stereocenters. The molecular formula is C12H15NO2S. The van der Waals surface area contributed by atoms with E-state index >= 15 is 0 Å². The van der Waals surface area contributed by atoms with Crippen LogP contribution in [0.3, 0.4) is 0 Å². The maximum atomic E-state index is 11.7. The number of benzene rings is 1. The second-order valence-corrected chi connectivity index (χ2v) is 4.62. The Hall–Kier alpha value is -1.00. The summed E-state index contributed by atoms with van der Waals surface area (Å²) in [5, 5.41) is 0. The number of rotatable bonds is 3. The summed E-state index contributed by atoms with van der Waals surface area (Å²) in [6.07, 6.45) is 1.58. The van der Waals surface area contributed by atoms with Gasteiger partial charge in [-0.1, -0.05) is 41.8 Å². The third-order valence-electron chi connectivity index (χ3n) is 2.87. The molecule has 0 aromatic heterocycles. The fourth-order valence-corrected chi connectivity index (χ4v) is 2.69. The van der Waals surface area contributed by atoms with Gasteiger partial charge in [-0.3, -0.25) is 9.10 Å². The number of ether oxygens (including phenoxy) is 1. The van der Waals surface area contributed by atoms with Gasteiger partial charge in [0, 0.05) is 13.4 Å². The van der Waals surface area contributed by atoms with Crippen LogP contribution in [-0.2, 0) is 9.53 Å². The smallest absolute Gasteiger partial charge is 0.264 e. The molecule has 4 heteroatoms. The van der Waals surface area contributed by atoms with E-state index in [9.17, 15) is 4.79 Å². The maximum absolute atomic E-state index is 11.7. The topological polar surface area (TPSA) is 29.5 Å². The number of hydrogen-bond acceptors (Lipinski definition) is 3. The fraction of sp³-hybridized carbons (Fsp3) is 0.417. The molecule has 1 aliphatic heterocycles. The van der Waals surface area contributed by atoms with Crippen molar-refractivity contribution in [2.45, 2.75) is 19.1 Å². The molecule has 2 rings (SSSR count). The lowest BCUT2D eigenvalue weighted by Crippen LogP contribution is -2.55. The van der Waals surface area contributed by atoms with E-state index in [4.69, 9.17) is 4.74 Å². The summed E-state index contributed by atoms with van der Waals surface area (Å²) in [6, 6.07) is 8.28. The first kappa shape index (κ1) is 11.5. The lowest BCUT2D eigenvalue weighted by molar-refractivity contribution is -0.158. The molecule has 0 unspecified atom stereocenters. The highest BCUT2D eigenvalue weighted by molar-refractivity contribution is 7.96. The van der Waals surface area contributed by atoms with Crippen molar-refractivity contribution >= 4 is 17.9 Å².